The number of aliphatic hydroxyl groups excluding tert-OH is 1. The van der Waals surface area contributed by atoms with Crippen molar-refractivity contribution in [2.24, 2.45) is 5.41 Å². The number of carbonyl (C=O) groups excluding carboxylic acids is 1. The minimum atomic E-state index is -1.06. The monoisotopic (exact) mass is 532 g/mol. The lowest BCUT2D eigenvalue weighted by Crippen LogP contribution is -2.36. The molecule has 1 aromatic heterocycles. The number of aromatic nitrogens is 4. The third-order valence-electron chi connectivity index (χ3n) is 6.53. The highest BCUT2D eigenvalue weighted by molar-refractivity contribution is 5.76. The number of methoxy groups -OCH3 is 2. The van der Waals surface area contributed by atoms with Crippen LogP contribution in [0.5, 0.6) is 11.5 Å². The van der Waals surface area contributed by atoms with Crippen LogP contribution in [0.2, 0.25) is 0 Å². The predicted molar refractivity (Wildman–Crippen MR) is 139 cm³/mol. The number of carboxylic acid groups (broad SMARTS) is 1. The lowest BCUT2D eigenvalue weighted by molar-refractivity contribution is -0.139. The van der Waals surface area contributed by atoms with Crippen LogP contribution in [-0.4, -0.2) is 80.6 Å². The summed E-state index contributed by atoms with van der Waals surface area (Å²) in [6.07, 6.45) is 0.989. The van der Waals surface area contributed by atoms with Crippen molar-refractivity contribution in [2.45, 2.75) is 78.1 Å². The Bertz CT molecular complexity index is 1100. The molecule has 1 amide bonds. The Morgan fingerprint density at radius 1 is 1.16 bits per heavy atom. The van der Waals surface area contributed by atoms with Gasteiger partial charge in [0.25, 0.3) is 0 Å². The fraction of sp³-hybridized carbons (Fsp3) is 0.654. The second kappa shape index (κ2) is 13.0. The van der Waals surface area contributed by atoms with Crippen LogP contribution in [0.3, 0.4) is 0 Å². The molecule has 1 aromatic carbocycles. The number of tetrazole rings is 1. The largest absolute Gasteiger partial charge is 0.493 e. The van der Waals surface area contributed by atoms with Gasteiger partial charge in [-0.1, -0.05) is 20.8 Å². The number of aliphatic hydroxyl groups is 1. The molecule has 38 heavy (non-hydrogen) atoms. The van der Waals surface area contributed by atoms with Crippen LogP contribution < -0.4 is 14.8 Å². The number of fused-ring (bicyclic) bond motifs is 1. The molecule has 0 spiro atoms. The molecule has 0 saturated heterocycles. The molecule has 0 radical (unpaired) electrons. The molecule has 0 saturated carbocycles. The molecule has 12 heteroatoms. The fourth-order valence-corrected chi connectivity index (χ4v) is 4.67. The van der Waals surface area contributed by atoms with Crippen LogP contribution in [-0.2, 0) is 29.1 Å². The van der Waals surface area contributed by atoms with E-state index in [0.717, 1.165) is 17.5 Å². The van der Waals surface area contributed by atoms with Crippen molar-refractivity contribution < 1.29 is 29.3 Å². The number of carbonyl (C=O) groups is 2. The average molecular weight is 533 g/mol. The molecule has 12 nitrogen and oxygen atoms in total. The summed E-state index contributed by atoms with van der Waals surface area (Å²) in [5.41, 5.74) is 2.15. The van der Waals surface area contributed by atoms with Crippen molar-refractivity contribution in [1.29, 1.82) is 0 Å². The number of carboxylic acids is 1. The lowest BCUT2D eigenvalue weighted by Gasteiger charge is -2.30. The van der Waals surface area contributed by atoms with E-state index in [-0.39, 0.29) is 30.3 Å². The van der Waals surface area contributed by atoms with Gasteiger partial charge in [0.15, 0.2) is 17.3 Å². The Morgan fingerprint density at radius 3 is 2.47 bits per heavy atom. The number of nitrogens with zero attached hydrogens (tertiary/aromatic N) is 5. The molecule has 2 heterocycles. The third kappa shape index (κ3) is 8.12. The predicted octanol–water partition coefficient (Wildman–Crippen LogP) is 1.96. The molecule has 2 atom stereocenters. The highest BCUT2D eigenvalue weighted by atomic mass is 16.5. The Kier molecular flexibility index (Phi) is 10.0. The molecule has 2 unspecified atom stereocenters. The lowest BCUT2D eigenvalue weighted by atomic mass is 9.87. The van der Waals surface area contributed by atoms with E-state index >= 15 is 0 Å². The van der Waals surface area contributed by atoms with E-state index in [0.29, 0.717) is 56.2 Å². The molecule has 2 aromatic rings. The van der Waals surface area contributed by atoms with Gasteiger partial charge >= 0.3 is 5.97 Å². The maximum atomic E-state index is 13.0. The topological polar surface area (TPSA) is 152 Å². The first-order valence-corrected chi connectivity index (χ1v) is 12.9. The van der Waals surface area contributed by atoms with Gasteiger partial charge in [-0.25, -0.2) is 4.68 Å². The first-order chi connectivity index (χ1) is 18.0. The summed E-state index contributed by atoms with van der Waals surface area (Å²) in [6, 6.07) is 3.64. The molecule has 3 N–H and O–H groups in total. The normalized spacial score (nSPS) is 15.1. The standard InChI is InChI=1S/C26H40N6O6/c1-26(2,3)14-20(27-15-19(33)13-24(35)36)25-28-29-30-32(25)9-6-7-23(34)31-10-8-17-11-21(37-4)22(38-5)12-18(17)16-31/h11-12,19-20,27,33H,6-10,13-16H2,1-5H3,(H,35,36). The number of benzene rings is 1. The molecule has 210 valence electrons. The van der Waals surface area contributed by atoms with Gasteiger partial charge in [-0.3, -0.25) is 9.59 Å². The van der Waals surface area contributed by atoms with Crippen LogP contribution >= 0.6 is 0 Å². The van der Waals surface area contributed by atoms with E-state index < -0.39 is 12.1 Å². The molecular formula is C26H40N6O6. The smallest absolute Gasteiger partial charge is 0.306 e. The number of aliphatic carboxylic acids is 1. The zero-order chi connectivity index (χ0) is 27.9. The number of hydrogen-bond donors (Lipinski definition) is 3. The van der Waals surface area contributed by atoms with E-state index in [1.165, 1.54) is 0 Å². The molecule has 1 aliphatic rings. The van der Waals surface area contributed by atoms with Gasteiger partial charge in [-0.15, -0.1) is 5.10 Å². The number of rotatable bonds is 13. The first-order valence-electron chi connectivity index (χ1n) is 12.9. The number of hydrogen-bond acceptors (Lipinski definition) is 9. The van der Waals surface area contributed by atoms with Crippen molar-refractivity contribution >= 4 is 11.9 Å². The summed E-state index contributed by atoms with van der Waals surface area (Å²) < 4.78 is 12.5. The van der Waals surface area contributed by atoms with Gasteiger partial charge in [-0.05, 0) is 58.4 Å². The maximum absolute atomic E-state index is 13.0. The van der Waals surface area contributed by atoms with Crippen molar-refractivity contribution in [3.63, 3.8) is 0 Å². The summed E-state index contributed by atoms with van der Waals surface area (Å²) >= 11 is 0. The quantitative estimate of drug-likeness (QED) is 0.349. The minimum absolute atomic E-state index is 0.0700. The Morgan fingerprint density at radius 2 is 1.84 bits per heavy atom. The number of amides is 1. The second-order valence-electron chi connectivity index (χ2n) is 10.9. The van der Waals surface area contributed by atoms with Crippen LogP contribution in [0.25, 0.3) is 0 Å². The van der Waals surface area contributed by atoms with Crippen LogP contribution in [0.4, 0.5) is 0 Å². The third-order valence-corrected chi connectivity index (χ3v) is 6.53. The summed E-state index contributed by atoms with van der Waals surface area (Å²) in [4.78, 5) is 25.8. The van der Waals surface area contributed by atoms with E-state index in [4.69, 9.17) is 14.6 Å². The zero-order valence-corrected chi connectivity index (χ0v) is 22.9. The SMILES string of the molecule is COc1cc2c(cc1OC)CN(C(=O)CCCn1nnnc1C(CC(C)(C)C)NCC(O)CC(=O)O)CC2. The van der Waals surface area contributed by atoms with Gasteiger partial charge in [0.1, 0.15) is 0 Å². The van der Waals surface area contributed by atoms with Crippen LogP contribution in [0, 0.1) is 5.41 Å². The summed E-state index contributed by atoms with van der Waals surface area (Å²) in [6.45, 7) is 8.00. The highest BCUT2D eigenvalue weighted by Crippen LogP contribution is 2.33. The van der Waals surface area contributed by atoms with E-state index in [1.54, 1.807) is 18.9 Å². The first kappa shape index (κ1) is 29.3. The molecule has 3 rings (SSSR count). The molecule has 1 aliphatic heterocycles. The second-order valence-corrected chi connectivity index (χ2v) is 10.9. The number of nitrogens with one attached hydrogen (secondary N) is 1. The summed E-state index contributed by atoms with van der Waals surface area (Å²) in [5.74, 6) is 0.959. The van der Waals surface area contributed by atoms with Gasteiger partial charge in [-0.2, -0.15) is 0 Å². The van der Waals surface area contributed by atoms with Crippen molar-refractivity contribution in [3.8, 4) is 11.5 Å². The highest BCUT2D eigenvalue weighted by Gasteiger charge is 2.27. The van der Waals surface area contributed by atoms with Gasteiger partial charge in [0.05, 0.1) is 32.8 Å². The molecule has 0 fully saturated rings. The van der Waals surface area contributed by atoms with Crippen molar-refractivity contribution in [1.82, 2.24) is 30.4 Å². The molecule has 0 aliphatic carbocycles. The minimum Gasteiger partial charge on any atom is -0.493 e. The Hall–Kier alpha value is -3.25. The van der Waals surface area contributed by atoms with Crippen LogP contribution in [0.1, 0.15) is 69.4 Å². The molecule has 0 bridgehead atoms. The van der Waals surface area contributed by atoms with E-state index in [2.05, 4.69) is 41.6 Å². The Labute approximate surface area is 223 Å². The zero-order valence-electron chi connectivity index (χ0n) is 22.9. The van der Waals surface area contributed by atoms with Gasteiger partial charge in [0.2, 0.25) is 5.91 Å². The van der Waals surface area contributed by atoms with E-state index in [9.17, 15) is 14.7 Å². The van der Waals surface area contributed by atoms with Crippen molar-refractivity contribution in [2.75, 3.05) is 27.3 Å². The van der Waals surface area contributed by atoms with Gasteiger partial charge < -0.3 is 29.9 Å². The van der Waals surface area contributed by atoms with Crippen LogP contribution in [0.15, 0.2) is 12.1 Å². The maximum Gasteiger partial charge on any atom is 0.306 e. The average Bonchev–Trinajstić information content (AvgIpc) is 3.32. The fourth-order valence-electron chi connectivity index (χ4n) is 4.67. The number of aryl methyl sites for hydroxylation is 1. The summed E-state index contributed by atoms with van der Waals surface area (Å²) in [7, 11) is 3.21. The van der Waals surface area contributed by atoms with Gasteiger partial charge in [0, 0.05) is 32.6 Å². The molecular weight excluding hydrogens is 492 g/mol. The Balaban J connectivity index is 1.59. The van der Waals surface area contributed by atoms with Crippen molar-refractivity contribution in [3.05, 3.63) is 29.1 Å². The number of ether oxygens (including phenoxy) is 2. The summed E-state index contributed by atoms with van der Waals surface area (Å²) in [5, 5.41) is 34.4. The van der Waals surface area contributed by atoms with E-state index in [1.807, 2.05) is 17.0 Å².